The van der Waals surface area contributed by atoms with E-state index >= 15 is 0 Å². The highest BCUT2D eigenvalue weighted by Gasteiger charge is 2.24. The van der Waals surface area contributed by atoms with Crippen LogP contribution < -0.4 is 14.9 Å². The van der Waals surface area contributed by atoms with Crippen LogP contribution in [0.5, 0.6) is 11.5 Å². The van der Waals surface area contributed by atoms with Crippen molar-refractivity contribution in [1.82, 2.24) is 5.43 Å². The van der Waals surface area contributed by atoms with Crippen molar-refractivity contribution in [1.29, 1.82) is 0 Å². The Kier molecular flexibility index (Phi) is 6.10. The third-order valence-corrected chi connectivity index (χ3v) is 3.05. The van der Waals surface area contributed by atoms with Gasteiger partial charge in [-0.3, -0.25) is 4.79 Å². The van der Waals surface area contributed by atoms with Gasteiger partial charge in [0.05, 0.1) is 18.9 Å². The number of carbonyl (C=O) groups excluding carboxylic acids is 1. The predicted molar refractivity (Wildman–Crippen MR) is 80.5 cm³/mol. The lowest BCUT2D eigenvalue weighted by atomic mass is 10.2. The maximum absolute atomic E-state index is 13.4. The molecule has 1 N–H and O–H groups in total. The second-order valence-electron chi connectivity index (χ2n) is 4.72. The van der Waals surface area contributed by atoms with Gasteiger partial charge in [0.15, 0.2) is 41.4 Å². The Bertz CT molecular complexity index is 829. The number of methoxy groups -OCH3 is 1. The van der Waals surface area contributed by atoms with Crippen molar-refractivity contribution < 1.29 is 36.2 Å². The summed E-state index contributed by atoms with van der Waals surface area (Å²) < 4.78 is 76.0. The van der Waals surface area contributed by atoms with E-state index in [1.165, 1.54) is 13.2 Å². The van der Waals surface area contributed by atoms with Crippen molar-refractivity contribution in [2.75, 3.05) is 13.7 Å². The fraction of sp³-hybridized carbons (Fsp3) is 0.125. The van der Waals surface area contributed by atoms with E-state index < -0.39 is 47.2 Å². The second-order valence-corrected chi connectivity index (χ2v) is 4.72. The van der Waals surface area contributed by atoms with E-state index in [9.17, 15) is 26.7 Å². The molecule has 0 atom stereocenters. The molecule has 0 radical (unpaired) electrons. The molecular formula is C16H11F5N2O3. The number of amides is 1. The van der Waals surface area contributed by atoms with Crippen LogP contribution in [0.4, 0.5) is 22.0 Å². The van der Waals surface area contributed by atoms with Gasteiger partial charge in [-0.15, -0.1) is 0 Å². The first kappa shape index (κ1) is 19.2. The molecule has 2 aromatic carbocycles. The minimum absolute atomic E-state index is 0.258. The average Bonchev–Trinajstić information content (AvgIpc) is 2.66. The quantitative estimate of drug-likeness (QED) is 0.278. The molecule has 2 rings (SSSR count). The molecular weight excluding hydrogens is 363 g/mol. The SMILES string of the molecule is COc1ccccc1OCC(=O)N/N=C/c1c(F)c(F)c(F)c(F)c1F. The molecule has 0 aliphatic rings. The predicted octanol–water partition coefficient (Wildman–Crippen LogP) is 2.92. The first-order valence-corrected chi connectivity index (χ1v) is 6.96. The summed E-state index contributed by atoms with van der Waals surface area (Å²) in [4.78, 5) is 11.6. The molecule has 0 aromatic heterocycles. The van der Waals surface area contributed by atoms with Crippen LogP contribution in [0.2, 0.25) is 0 Å². The fourth-order valence-electron chi connectivity index (χ4n) is 1.82. The molecule has 0 heterocycles. The number of carbonyl (C=O) groups is 1. The minimum atomic E-state index is -2.29. The standard InChI is InChI=1S/C16H11F5N2O3/c1-25-9-4-2-3-5-10(9)26-7-11(24)23-22-6-8-12(17)14(19)16(21)15(20)13(8)18/h2-6H,7H2,1H3,(H,23,24)/b22-6+. The number of hydrazone groups is 1. The zero-order valence-corrected chi connectivity index (χ0v) is 13.2. The third-order valence-electron chi connectivity index (χ3n) is 3.05. The number of rotatable bonds is 6. The van der Waals surface area contributed by atoms with Crippen molar-refractivity contribution in [3.05, 3.63) is 58.9 Å². The normalized spacial score (nSPS) is 10.8. The van der Waals surface area contributed by atoms with E-state index in [2.05, 4.69) is 5.10 Å². The highest BCUT2D eigenvalue weighted by atomic mass is 19.2. The van der Waals surface area contributed by atoms with Gasteiger partial charge < -0.3 is 9.47 Å². The number of ether oxygens (including phenoxy) is 2. The van der Waals surface area contributed by atoms with Crippen LogP contribution in [0.25, 0.3) is 0 Å². The highest BCUT2D eigenvalue weighted by Crippen LogP contribution is 2.25. The average molecular weight is 374 g/mol. The van der Waals surface area contributed by atoms with Crippen molar-refractivity contribution in [3.63, 3.8) is 0 Å². The van der Waals surface area contributed by atoms with E-state index in [0.29, 0.717) is 12.0 Å². The van der Waals surface area contributed by atoms with Gasteiger partial charge in [0.1, 0.15) is 0 Å². The van der Waals surface area contributed by atoms with Gasteiger partial charge in [-0.2, -0.15) is 5.10 Å². The zero-order chi connectivity index (χ0) is 19.3. The smallest absolute Gasteiger partial charge is 0.277 e. The van der Waals surface area contributed by atoms with Crippen molar-refractivity contribution in [2.24, 2.45) is 5.10 Å². The maximum Gasteiger partial charge on any atom is 0.277 e. The van der Waals surface area contributed by atoms with Crippen molar-refractivity contribution >= 4 is 12.1 Å². The molecule has 5 nitrogen and oxygen atoms in total. The number of nitrogens with zero attached hydrogens (tertiary/aromatic N) is 1. The Morgan fingerprint density at radius 1 is 1.00 bits per heavy atom. The van der Waals surface area contributed by atoms with Crippen LogP contribution in [0.15, 0.2) is 29.4 Å². The molecule has 0 aliphatic heterocycles. The van der Waals surface area contributed by atoms with Crippen molar-refractivity contribution in [3.8, 4) is 11.5 Å². The summed E-state index contributed by atoms with van der Waals surface area (Å²) in [6, 6.07) is 6.44. The number of hydrogen-bond donors (Lipinski definition) is 1. The van der Waals surface area contributed by atoms with Crippen LogP contribution in [-0.2, 0) is 4.79 Å². The van der Waals surface area contributed by atoms with Crippen LogP contribution in [-0.4, -0.2) is 25.8 Å². The van der Waals surface area contributed by atoms with E-state index in [-0.39, 0.29) is 5.75 Å². The molecule has 0 aliphatic carbocycles. The molecule has 26 heavy (non-hydrogen) atoms. The fourth-order valence-corrected chi connectivity index (χ4v) is 1.82. The number of hydrogen-bond acceptors (Lipinski definition) is 4. The summed E-state index contributed by atoms with van der Waals surface area (Å²) in [6.07, 6.45) is 0.303. The lowest BCUT2D eigenvalue weighted by Gasteiger charge is -2.09. The number of halogens is 5. The number of nitrogens with one attached hydrogen (secondary N) is 1. The Morgan fingerprint density at radius 2 is 1.54 bits per heavy atom. The van der Waals surface area contributed by atoms with E-state index in [1.54, 1.807) is 18.2 Å². The Hall–Kier alpha value is -3.17. The Morgan fingerprint density at radius 3 is 2.12 bits per heavy atom. The van der Waals surface area contributed by atoms with Gasteiger partial charge in [-0.1, -0.05) is 12.1 Å². The molecule has 0 unspecified atom stereocenters. The van der Waals surface area contributed by atoms with Crippen LogP contribution in [0.1, 0.15) is 5.56 Å². The van der Waals surface area contributed by atoms with Crippen LogP contribution >= 0.6 is 0 Å². The Balaban J connectivity index is 2.02. The number of benzene rings is 2. The summed E-state index contributed by atoms with van der Waals surface area (Å²) >= 11 is 0. The van der Waals surface area contributed by atoms with Gasteiger partial charge in [-0.25, -0.2) is 27.4 Å². The topological polar surface area (TPSA) is 59.9 Å². The lowest BCUT2D eigenvalue weighted by Crippen LogP contribution is -2.25. The molecule has 0 fully saturated rings. The minimum Gasteiger partial charge on any atom is -0.493 e. The molecule has 0 saturated heterocycles. The lowest BCUT2D eigenvalue weighted by molar-refractivity contribution is -0.123. The maximum atomic E-state index is 13.4. The molecule has 0 saturated carbocycles. The Labute approximate surface area is 144 Å². The third kappa shape index (κ3) is 4.08. The van der Waals surface area contributed by atoms with Crippen molar-refractivity contribution in [2.45, 2.75) is 0 Å². The number of para-hydroxylation sites is 2. The monoisotopic (exact) mass is 374 g/mol. The molecule has 2 aromatic rings. The first-order chi connectivity index (χ1) is 12.4. The summed E-state index contributed by atoms with van der Waals surface area (Å²) in [5.74, 6) is -10.9. The van der Waals surface area contributed by atoms with Gasteiger partial charge in [0.25, 0.3) is 5.91 Å². The molecule has 138 valence electrons. The molecule has 0 bridgehead atoms. The first-order valence-electron chi connectivity index (χ1n) is 6.96. The van der Waals surface area contributed by atoms with Crippen LogP contribution in [0.3, 0.4) is 0 Å². The molecule has 0 spiro atoms. The van der Waals surface area contributed by atoms with E-state index in [4.69, 9.17) is 9.47 Å². The van der Waals surface area contributed by atoms with Crippen LogP contribution in [0, 0.1) is 29.1 Å². The van der Waals surface area contributed by atoms with Gasteiger partial charge >= 0.3 is 0 Å². The summed E-state index contributed by atoms with van der Waals surface area (Å²) in [6.45, 7) is -0.533. The second kappa shape index (κ2) is 8.28. The largest absolute Gasteiger partial charge is 0.493 e. The molecule has 1 amide bonds. The zero-order valence-electron chi connectivity index (χ0n) is 13.2. The molecule has 10 heteroatoms. The van der Waals surface area contributed by atoms with Gasteiger partial charge in [0, 0.05) is 0 Å². The summed E-state index contributed by atoms with van der Waals surface area (Å²) in [5.41, 5.74) is 0.555. The van der Waals surface area contributed by atoms with E-state index in [0.717, 1.165) is 0 Å². The summed E-state index contributed by atoms with van der Waals surface area (Å²) in [5, 5.41) is 3.16. The van der Waals surface area contributed by atoms with Gasteiger partial charge in [0.2, 0.25) is 5.82 Å². The highest BCUT2D eigenvalue weighted by molar-refractivity contribution is 5.83. The van der Waals surface area contributed by atoms with E-state index in [1.807, 2.05) is 5.43 Å². The summed E-state index contributed by atoms with van der Waals surface area (Å²) in [7, 11) is 1.40. The van der Waals surface area contributed by atoms with Gasteiger partial charge in [-0.05, 0) is 12.1 Å².